The van der Waals surface area contributed by atoms with Crippen molar-refractivity contribution >= 4 is 5.91 Å². The summed E-state index contributed by atoms with van der Waals surface area (Å²) in [7, 11) is 0. The van der Waals surface area contributed by atoms with Crippen LogP contribution in [0.5, 0.6) is 0 Å². The van der Waals surface area contributed by atoms with Crippen LogP contribution >= 0.6 is 0 Å². The number of benzene rings is 2. The molecule has 1 aromatic heterocycles. The molecule has 1 aliphatic carbocycles. The highest BCUT2D eigenvalue weighted by Crippen LogP contribution is 2.31. The molecule has 0 saturated heterocycles. The van der Waals surface area contributed by atoms with E-state index in [2.05, 4.69) is 20.8 Å². The number of aromatic nitrogens is 4. The first-order chi connectivity index (χ1) is 12.2. The topological polar surface area (TPSA) is 92.9 Å². The number of nitrogens with one attached hydrogen (secondary N) is 1. The average Bonchev–Trinajstić information content (AvgIpc) is 3.25. The Labute approximate surface area is 144 Å². The van der Waals surface area contributed by atoms with E-state index in [4.69, 9.17) is 0 Å². The molecule has 0 saturated carbocycles. The fraction of sp³-hybridized carbons (Fsp3) is 0.222. The van der Waals surface area contributed by atoms with Gasteiger partial charge in [-0.1, -0.05) is 36.4 Å². The lowest BCUT2D eigenvalue weighted by Gasteiger charge is -2.18. The van der Waals surface area contributed by atoms with Crippen molar-refractivity contribution in [1.29, 1.82) is 0 Å². The summed E-state index contributed by atoms with van der Waals surface area (Å²) in [5, 5.41) is 24.2. The molecule has 1 amide bonds. The lowest BCUT2D eigenvalue weighted by atomic mass is 10.1. The molecular formula is C18H17N5O2. The van der Waals surface area contributed by atoms with Crippen molar-refractivity contribution in [1.82, 2.24) is 25.5 Å². The molecule has 25 heavy (non-hydrogen) atoms. The fourth-order valence-electron chi connectivity index (χ4n) is 3.20. The molecule has 1 aliphatic rings. The average molecular weight is 335 g/mol. The maximum absolute atomic E-state index is 12.4. The number of amides is 1. The highest BCUT2D eigenvalue weighted by Gasteiger charge is 2.31. The first-order valence-electron chi connectivity index (χ1n) is 8.08. The molecule has 0 bridgehead atoms. The smallest absolute Gasteiger partial charge is 0.224 e. The summed E-state index contributed by atoms with van der Waals surface area (Å²) in [5.74, 6) is -0.115. The van der Waals surface area contributed by atoms with E-state index in [-0.39, 0.29) is 18.4 Å². The first-order valence-corrected chi connectivity index (χ1v) is 8.08. The van der Waals surface area contributed by atoms with Crippen LogP contribution in [0.4, 0.5) is 0 Å². The normalized spacial score (nSPS) is 18.8. The van der Waals surface area contributed by atoms with E-state index in [9.17, 15) is 9.90 Å². The van der Waals surface area contributed by atoms with Gasteiger partial charge in [-0.2, -0.15) is 0 Å². The van der Waals surface area contributed by atoms with Gasteiger partial charge in [-0.25, -0.2) is 4.68 Å². The maximum Gasteiger partial charge on any atom is 0.224 e. The molecule has 0 unspecified atom stereocenters. The van der Waals surface area contributed by atoms with Crippen LogP contribution in [0.3, 0.4) is 0 Å². The Bertz CT molecular complexity index is 877. The van der Waals surface area contributed by atoms with Gasteiger partial charge in [0, 0.05) is 6.42 Å². The standard InChI is InChI=1S/C18H17N5O2/c24-16-10-13-3-1-2-4-15(13)18(16)20-17(25)9-12-5-7-14(8-6-12)23-11-19-21-22-23/h1-8,11,16,18,24H,9-10H2,(H,20,25)/t16-,18-/m1/s1. The third kappa shape index (κ3) is 3.14. The second kappa shape index (κ2) is 6.45. The minimum absolute atomic E-state index is 0.115. The van der Waals surface area contributed by atoms with Gasteiger partial charge in [-0.05, 0) is 39.2 Å². The van der Waals surface area contributed by atoms with Crippen molar-refractivity contribution < 1.29 is 9.90 Å². The van der Waals surface area contributed by atoms with E-state index < -0.39 is 6.10 Å². The molecule has 126 valence electrons. The number of hydrogen-bond donors (Lipinski definition) is 2. The molecule has 7 heteroatoms. The quantitative estimate of drug-likeness (QED) is 0.741. The minimum Gasteiger partial charge on any atom is -0.390 e. The van der Waals surface area contributed by atoms with Gasteiger partial charge >= 0.3 is 0 Å². The summed E-state index contributed by atoms with van der Waals surface area (Å²) in [6, 6.07) is 14.9. The van der Waals surface area contributed by atoms with Crippen LogP contribution in [-0.4, -0.2) is 37.3 Å². The Hall–Kier alpha value is -3.06. The zero-order valence-corrected chi connectivity index (χ0v) is 13.4. The SMILES string of the molecule is O=C(Cc1ccc(-n2cnnn2)cc1)N[C@@H]1c2ccccc2C[C@H]1O. The molecule has 4 rings (SSSR count). The van der Waals surface area contributed by atoms with Gasteiger partial charge in [0.15, 0.2) is 0 Å². The van der Waals surface area contributed by atoms with Crippen molar-refractivity contribution in [2.45, 2.75) is 25.0 Å². The lowest BCUT2D eigenvalue weighted by molar-refractivity contribution is -0.121. The Morgan fingerprint density at radius 3 is 2.76 bits per heavy atom. The fourth-order valence-corrected chi connectivity index (χ4v) is 3.20. The molecular weight excluding hydrogens is 318 g/mol. The van der Waals surface area contributed by atoms with E-state index in [1.165, 1.54) is 6.33 Å². The zero-order chi connectivity index (χ0) is 17.2. The van der Waals surface area contributed by atoms with Crippen LogP contribution in [0.25, 0.3) is 5.69 Å². The maximum atomic E-state index is 12.4. The van der Waals surface area contributed by atoms with Gasteiger partial charge < -0.3 is 10.4 Å². The Kier molecular flexibility index (Phi) is 3.99. The number of tetrazole rings is 1. The number of carbonyl (C=O) groups is 1. The van der Waals surface area contributed by atoms with Gasteiger partial charge in [-0.15, -0.1) is 5.10 Å². The van der Waals surface area contributed by atoms with E-state index >= 15 is 0 Å². The Balaban J connectivity index is 1.42. The predicted octanol–water partition coefficient (Wildman–Crippen LogP) is 0.979. The number of aliphatic hydroxyl groups is 1. The molecule has 2 atom stereocenters. The largest absolute Gasteiger partial charge is 0.390 e. The monoisotopic (exact) mass is 335 g/mol. The summed E-state index contributed by atoms with van der Waals surface area (Å²) in [5.41, 5.74) is 3.80. The number of carbonyl (C=O) groups excluding carboxylic acids is 1. The first kappa shape index (κ1) is 15.5. The van der Waals surface area contributed by atoms with Crippen molar-refractivity contribution in [3.63, 3.8) is 0 Å². The molecule has 0 radical (unpaired) electrons. The number of aliphatic hydroxyl groups excluding tert-OH is 1. The number of fused-ring (bicyclic) bond motifs is 1. The van der Waals surface area contributed by atoms with Crippen molar-refractivity contribution in [2.24, 2.45) is 0 Å². The Morgan fingerprint density at radius 2 is 2.00 bits per heavy atom. The van der Waals surface area contributed by atoms with Gasteiger partial charge in [0.05, 0.1) is 24.3 Å². The summed E-state index contributed by atoms with van der Waals surface area (Å²) in [6.45, 7) is 0. The van der Waals surface area contributed by atoms with Gasteiger partial charge in [-0.3, -0.25) is 4.79 Å². The van der Waals surface area contributed by atoms with E-state index in [1.807, 2.05) is 48.5 Å². The predicted molar refractivity (Wildman–Crippen MR) is 89.9 cm³/mol. The molecule has 0 spiro atoms. The van der Waals surface area contributed by atoms with Crippen molar-refractivity contribution in [2.75, 3.05) is 0 Å². The Morgan fingerprint density at radius 1 is 1.20 bits per heavy atom. The second-order valence-electron chi connectivity index (χ2n) is 6.11. The summed E-state index contributed by atoms with van der Waals surface area (Å²) in [6.07, 6.45) is 1.76. The minimum atomic E-state index is -0.580. The van der Waals surface area contributed by atoms with Gasteiger partial charge in [0.2, 0.25) is 5.91 Å². The second-order valence-corrected chi connectivity index (χ2v) is 6.11. The molecule has 0 aliphatic heterocycles. The highest BCUT2D eigenvalue weighted by molar-refractivity contribution is 5.79. The van der Waals surface area contributed by atoms with E-state index in [1.54, 1.807) is 4.68 Å². The molecule has 3 aromatic rings. The summed E-state index contributed by atoms with van der Waals surface area (Å²) < 4.78 is 1.55. The summed E-state index contributed by atoms with van der Waals surface area (Å²) in [4.78, 5) is 12.4. The number of hydrogen-bond acceptors (Lipinski definition) is 5. The van der Waals surface area contributed by atoms with Crippen LogP contribution in [-0.2, 0) is 17.6 Å². The van der Waals surface area contributed by atoms with Crippen LogP contribution in [0.2, 0.25) is 0 Å². The zero-order valence-electron chi connectivity index (χ0n) is 13.4. The van der Waals surface area contributed by atoms with Crippen LogP contribution in [0.15, 0.2) is 54.9 Å². The van der Waals surface area contributed by atoms with E-state index in [0.717, 1.165) is 22.4 Å². The third-order valence-electron chi connectivity index (χ3n) is 4.44. The van der Waals surface area contributed by atoms with Gasteiger partial charge in [0.1, 0.15) is 6.33 Å². The van der Waals surface area contributed by atoms with E-state index in [0.29, 0.717) is 6.42 Å². The number of rotatable bonds is 4. The molecule has 2 aromatic carbocycles. The lowest BCUT2D eigenvalue weighted by Crippen LogP contribution is -2.34. The number of nitrogens with zero attached hydrogens (tertiary/aromatic N) is 4. The molecule has 1 heterocycles. The van der Waals surface area contributed by atoms with Gasteiger partial charge in [0.25, 0.3) is 0 Å². The van der Waals surface area contributed by atoms with Crippen molar-refractivity contribution in [3.05, 3.63) is 71.5 Å². The summed E-state index contributed by atoms with van der Waals surface area (Å²) >= 11 is 0. The van der Waals surface area contributed by atoms with Crippen LogP contribution in [0, 0.1) is 0 Å². The van der Waals surface area contributed by atoms with Crippen LogP contribution < -0.4 is 5.32 Å². The van der Waals surface area contributed by atoms with Crippen molar-refractivity contribution in [3.8, 4) is 5.69 Å². The molecule has 0 fully saturated rings. The molecule has 2 N–H and O–H groups in total. The van der Waals surface area contributed by atoms with Crippen LogP contribution in [0.1, 0.15) is 22.7 Å². The highest BCUT2D eigenvalue weighted by atomic mass is 16.3. The molecule has 7 nitrogen and oxygen atoms in total. The third-order valence-corrected chi connectivity index (χ3v) is 4.44.